The minimum Gasteiger partial charge on any atom is -0.480 e. The summed E-state index contributed by atoms with van der Waals surface area (Å²) < 4.78 is 14.2. The van der Waals surface area contributed by atoms with E-state index in [4.69, 9.17) is 14.6 Å². The van der Waals surface area contributed by atoms with Gasteiger partial charge in [0, 0.05) is 0 Å². The van der Waals surface area contributed by atoms with Crippen molar-refractivity contribution in [3.63, 3.8) is 0 Å². The maximum Gasteiger partial charge on any atom is 0.407 e. The van der Waals surface area contributed by atoms with Crippen molar-refractivity contribution >= 4 is 12.1 Å². The molecule has 7 nitrogen and oxygen atoms in total. The van der Waals surface area contributed by atoms with Crippen LogP contribution in [0.25, 0.3) is 0 Å². The summed E-state index contributed by atoms with van der Waals surface area (Å²) in [5.74, 6) is -1.22. The minimum atomic E-state index is -1.06. The Bertz CT molecular complexity index is 240. The number of aliphatic carboxylic acids is 1. The molecule has 0 spiro atoms. The van der Waals surface area contributed by atoms with E-state index in [1.807, 2.05) is 0 Å². The lowest BCUT2D eigenvalue weighted by Gasteiger charge is -2.16. The molecule has 0 radical (unpaired) electrons. The number of carboxylic acid groups (broad SMARTS) is 1. The monoisotopic (exact) mass is 263 g/mol. The van der Waals surface area contributed by atoms with Gasteiger partial charge in [0.25, 0.3) is 0 Å². The van der Waals surface area contributed by atoms with E-state index in [1.165, 1.54) is 7.11 Å². The summed E-state index contributed by atoms with van der Waals surface area (Å²) in [6.07, 6.45) is -0.726. The first-order chi connectivity index (χ1) is 8.49. The number of nitrogens with one attached hydrogen (secondary N) is 1. The number of methoxy groups -OCH3 is 1. The molecule has 1 heterocycles. The topological polar surface area (TPSA) is 94.1 Å². The number of amides is 1. The lowest BCUT2D eigenvalue weighted by Crippen LogP contribution is -2.44. The van der Waals surface area contributed by atoms with Crippen LogP contribution in [0.5, 0.6) is 0 Å². The van der Waals surface area contributed by atoms with Crippen LogP contribution in [0.15, 0.2) is 0 Å². The van der Waals surface area contributed by atoms with Crippen molar-refractivity contribution in [3.05, 3.63) is 0 Å². The van der Waals surface area contributed by atoms with Gasteiger partial charge < -0.3 is 24.6 Å². The zero-order valence-corrected chi connectivity index (χ0v) is 11.0. The highest BCUT2D eigenvalue weighted by Crippen LogP contribution is 2.01. The molecule has 1 rings (SSSR count). The molecular formula is C11H21NO6. The highest BCUT2D eigenvalue weighted by atomic mass is 16.6. The van der Waals surface area contributed by atoms with Crippen molar-refractivity contribution < 1.29 is 28.9 Å². The van der Waals surface area contributed by atoms with Crippen LogP contribution < -0.4 is 5.32 Å². The number of hydrogen-bond acceptors (Lipinski definition) is 5. The highest BCUT2D eigenvalue weighted by Gasteiger charge is 2.23. The van der Waals surface area contributed by atoms with Crippen LogP contribution in [0.4, 0.5) is 4.79 Å². The molecule has 0 bridgehead atoms. The predicted molar refractivity (Wildman–Crippen MR) is 63.4 cm³/mol. The third kappa shape index (κ3) is 7.86. The number of hydrogen-bond donors (Lipinski definition) is 2. The number of carbonyl (C=O) groups is 2. The number of carbonyl (C=O) groups excluding carboxylic acids is 1. The Balaban J connectivity index is 0.000000397. The normalized spacial score (nSPS) is 16.2. The standard InChI is InChI=1S/C7H13NO4.C4H8O2/c1-4(2)5(6(9)10)8-7(11)12-3;1-2-6-4-3-5-1/h4-5H,1-3H3,(H,8,11)(H,9,10);1-4H2/t5-;/m0./s1. The summed E-state index contributed by atoms with van der Waals surface area (Å²) in [6, 6.07) is -0.891. The Kier molecular flexibility index (Phi) is 8.95. The molecule has 1 fully saturated rings. The molecular weight excluding hydrogens is 242 g/mol. The van der Waals surface area contributed by atoms with Crippen molar-refractivity contribution in [3.8, 4) is 0 Å². The van der Waals surface area contributed by atoms with Gasteiger partial charge in [-0.1, -0.05) is 13.8 Å². The van der Waals surface area contributed by atoms with E-state index in [9.17, 15) is 9.59 Å². The molecule has 1 atom stereocenters. The molecule has 0 saturated carbocycles. The first kappa shape index (κ1) is 16.7. The van der Waals surface area contributed by atoms with Crippen LogP contribution in [-0.4, -0.2) is 56.7 Å². The second-order valence-electron chi connectivity index (χ2n) is 3.92. The van der Waals surface area contributed by atoms with Gasteiger partial charge in [-0.05, 0) is 5.92 Å². The highest BCUT2D eigenvalue weighted by molar-refractivity contribution is 5.80. The number of carboxylic acids is 1. The average Bonchev–Trinajstić information content (AvgIpc) is 2.37. The third-order valence-electron chi connectivity index (χ3n) is 2.14. The smallest absolute Gasteiger partial charge is 0.407 e. The van der Waals surface area contributed by atoms with E-state index < -0.39 is 18.1 Å². The summed E-state index contributed by atoms with van der Waals surface area (Å²) in [7, 11) is 1.19. The molecule has 7 heteroatoms. The molecule has 0 aromatic heterocycles. The fraction of sp³-hybridized carbons (Fsp3) is 0.818. The van der Waals surface area contributed by atoms with Crippen LogP contribution in [0.2, 0.25) is 0 Å². The van der Waals surface area contributed by atoms with Gasteiger partial charge in [-0.15, -0.1) is 0 Å². The number of alkyl carbamates (subject to hydrolysis) is 1. The van der Waals surface area contributed by atoms with E-state index in [0.717, 1.165) is 26.4 Å². The summed E-state index contributed by atoms with van der Waals surface area (Å²) in [5, 5.41) is 10.8. The molecule has 1 amide bonds. The second kappa shape index (κ2) is 9.67. The first-order valence-electron chi connectivity index (χ1n) is 5.71. The van der Waals surface area contributed by atoms with Gasteiger partial charge >= 0.3 is 12.1 Å². The lowest BCUT2D eigenvalue weighted by molar-refractivity contribution is -0.140. The fourth-order valence-corrected chi connectivity index (χ4v) is 1.14. The summed E-state index contributed by atoms with van der Waals surface area (Å²) in [6.45, 7) is 6.52. The van der Waals surface area contributed by atoms with Crippen LogP contribution in [0.1, 0.15) is 13.8 Å². The van der Waals surface area contributed by atoms with Gasteiger partial charge in [0.1, 0.15) is 6.04 Å². The van der Waals surface area contributed by atoms with Gasteiger partial charge in [-0.25, -0.2) is 9.59 Å². The lowest BCUT2D eigenvalue weighted by atomic mass is 10.1. The Hall–Kier alpha value is -1.34. The predicted octanol–water partition coefficient (Wildman–Crippen LogP) is 0.485. The van der Waals surface area contributed by atoms with Crippen molar-refractivity contribution in [1.82, 2.24) is 5.32 Å². The van der Waals surface area contributed by atoms with Gasteiger partial charge in [0.15, 0.2) is 0 Å². The number of ether oxygens (including phenoxy) is 3. The molecule has 0 aliphatic carbocycles. The van der Waals surface area contributed by atoms with Crippen LogP contribution in [0.3, 0.4) is 0 Å². The molecule has 2 N–H and O–H groups in total. The van der Waals surface area contributed by atoms with Gasteiger partial charge in [0.2, 0.25) is 0 Å². The molecule has 1 aliphatic heterocycles. The molecule has 1 aliphatic rings. The molecule has 0 aromatic carbocycles. The van der Waals surface area contributed by atoms with Crippen LogP contribution in [0, 0.1) is 5.92 Å². The van der Waals surface area contributed by atoms with Crippen molar-refractivity contribution in [2.24, 2.45) is 5.92 Å². The first-order valence-corrected chi connectivity index (χ1v) is 5.71. The molecule has 0 unspecified atom stereocenters. The van der Waals surface area contributed by atoms with Gasteiger partial charge in [-0.3, -0.25) is 0 Å². The van der Waals surface area contributed by atoms with E-state index in [1.54, 1.807) is 13.8 Å². The third-order valence-corrected chi connectivity index (χ3v) is 2.14. The van der Waals surface area contributed by atoms with Crippen molar-refractivity contribution in [2.75, 3.05) is 33.5 Å². The average molecular weight is 263 g/mol. The van der Waals surface area contributed by atoms with E-state index in [-0.39, 0.29) is 5.92 Å². The Morgan fingerprint density at radius 2 is 1.61 bits per heavy atom. The van der Waals surface area contributed by atoms with E-state index in [0.29, 0.717) is 0 Å². The number of rotatable bonds is 3. The van der Waals surface area contributed by atoms with Gasteiger partial charge in [0.05, 0.1) is 33.5 Å². The Morgan fingerprint density at radius 1 is 1.17 bits per heavy atom. The van der Waals surface area contributed by atoms with Crippen molar-refractivity contribution in [1.29, 1.82) is 0 Å². The maximum atomic E-state index is 10.6. The molecule has 1 saturated heterocycles. The summed E-state index contributed by atoms with van der Waals surface area (Å²) in [4.78, 5) is 21.2. The van der Waals surface area contributed by atoms with Crippen LogP contribution >= 0.6 is 0 Å². The second-order valence-corrected chi connectivity index (χ2v) is 3.92. The Morgan fingerprint density at radius 3 is 1.83 bits per heavy atom. The molecule has 106 valence electrons. The quantitative estimate of drug-likeness (QED) is 0.769. The zero-order valence-electron chi connectivity index (χ0n) is 11.0. The van der Waals surface area contributed by atoms with E-state index in [2.05, 4.69) is 10.1 Å². The summed E-state index contributed by atoms with van der Waals surface area (Å²) >= 11 is 0. The zero-order chi connectivity index (χ0) is 14.0. The largest absolute Gasteiger partial charge is 0.480 e. The Labute approximate surface area is 106 Å². The maximum absolute atomic E-state index is 10.6. The minimum absolute atomic E-state index is 0.165. The molecule has 18 heavy (non-hydrogen) atoms. The van der Waals surface area contributed by atoms with Crippen molar-refractivity contribution in [2.45, 2.75) is 19.9 Å². The van der Waals surface area contributed by atoms with E-state index >= 15 is 0 Å². The fourth-order valence-electron chi connectivity index (χ4n) is 1.14. The van der Waals surface area contributed by atoms with Crippen LogP contribution in [-0.2, 0) is 19.0 Å². The SMILES string of the molecule is C1COCCO1.COC(=O)N[C@H](C(=O)O)C(C)C. The van der Waals surface area contributed by atoms with Gasteiger partial charge in [-0.2, -0.15) is 0 Å². The summed E-state index contributed by atoms with van der Waals surface area (Å²) in [5.41, 5.74) is 0. The molecule has 0 aromatic rings.